The summed E-state index contributed by atoms with van der Waals surface area (Å²) >= 11 is 0. The molecule has 0 fully saturated rings. The third kappa shape index (κ3) is 6.74. The third-order valence-electron chi connectivity index (χ3n) is 9.78. The van der Waals surface area contributed by atoms with Crippen molar-refractivity contribution in [3.8, 4) is 89.8 Å². The smallest absolute Gasteiger partial charge is 0.164 e. The Balaban J connectivity index is 1.12. The van der Waals surface area contributed by atoms with Gasteiger partial charge >= 0.3 is 0 Å². The average Bonchev–Trinajstić information content (AvgIpc) is 3.27. The zero-order chi connectivity index (χ0) is 36.1. The normalized spacial score (nSPS) is 11.0. The van der Waals surface area contributed by atoms with E-state index in [0.717, 1.165) is 50.1 Å². The van der Waals surface area contributed by atoms with Crippen LogP contribution in [0.15, 0.2) is 212 Å². The fourth-order valence-corrected chi connectivity index (χ4v) is 7.05. The topological polar surface area (TPSA) is 38.7 Å². The Morgan fingerprint density at radius 1 is 0.185 bits per heavy atom. The Morgan fingerprint density at radius 3 is 1.09 bits per heavy atom. The maximum Gasteiger partial charge on any atom is 0.164 e. The standard InChI is InChI=1S/C51H35N3/c1-4-16-36(17-5-1)42-23-15-25-44(35-42)50-52-49(53-51(54-50)48-29-13-12-27-46(48)39-20-8-3-9-21-39)40-32-30-37(31-33-40)41-22-14-24-43(34-41)47-28-11-10-26-45(47)38-18-6-2-7-19-38/h1-35H. The molecule has 9 aromatic rings. The fourth-order valence-electron chi connectivity index (χ4n) is 7.05. The van der Waals surface area contributed by atoms with E-state index >= 15 is 0 Å². The lowest BCUT2D eigenvalue weighted by molar-refractivity contribution is 1.07. The fraction of sp³-hybridized carbons (Fsp3) is 0. The Kier molecular flexibility index (Phi) is 8.94. The molecule has 0 saturated carbocycles. The number of benzene rings is 8. The van der Waals surface area contributed by atoms with Crippen molar-refractivity contribution in [3.63, 3.8) is 0 Å². The van der Waals surface area contributed by atoms with E-state index in [1.54, 1.807) is 0 Å². The van der Waals surface area contributed by atoms with Crippen LogP contribution in [0.2, 0.25) is 0 Å². The molecule has 0 atom stereocenters. The predicted molar refractivity (Wildman–Crippen MR) is 223 cm³/mol. The van der Waals surface area contributed by atoms with Gasteiger partial charge in [-0.2, -0.15) is 0 Å². The van der Waals surface area contributed by atoms with Gasteiger partial charge in [0.2, 0.25) is 0 Å². The highest BCUT2D eigenvalue weighted by atomic mass is 15.0. The molecule has 0 saturated heterocycles. The van der Waals surface area contributed by atoms with Gasteiger partial charge in [-0.3, -0.25) is 0 Å². The molecule has 0 bridgehead atoms. The molecule has 0 amide bonds. The predicted octanol–water partition coefficient (Wildman–Crippen LogP) is 13.2. The van der Waals surface area contributed by atoms with Crippen LogP contribution in [0, 0.1) is 0 Å². The van der Waals surface area contributed by atoms with Crippen LogP contribution < -0.4 is 0 Å². The minimum absolute atomic E-state index is 0.625. The summed E-state index contributed by atoms with van der Waals surface area (Å²) in [5, 5.41) is 0. The second-order valence-electron chi connectivity index (χ2n) is 13.2. The van der Waals surface area contributed by atoms with E-state index in [1.165, 1.54) is 22.3 Å². The number of hydrogen-bond acceptors (Lipinski definition) is 3. The molecule has 3 heteroatoms. The van der Waals surface area contributed by atoms with Gasteiger partial charge in [0.25, 0.3) is 0 Å². The van der Waals surface area contributed by atoms with E-state index in [0.29, 0.717) is 17.5 Å². The van der Waals surface area contributed by atoms with Crippen molar-refractivity contribution in [2.75, 3.05) is 0 Å². The van der Waals surface area contributed by atoms with E-state index in [-0.39, 0.29) is 0 Å². The molecule has 0 radical (unpaired) electrons. The monoisotopic (exact) mass is 689 g/mol. The lowest BCUT2D eigenvalue weighted by atomic mass is 9.92. The average molecular weight is 690 g/mol. The summed E-state index contributed by atoms with van der Waals surface area (Å²) in [7, 11) is 0. The van der Waals surface area contributed by atoms with Gasteiger partial charge in [-0.05, 0) is 67.8 Å². The van der Waals surface area contributed by atoms with E-state index in [4.69, 9.17) is 15.0 Å². The van der Waals surface area contributed by atoms with Crippen LogP contribution in [0.3, 0.4) is 0 Å². The molecule has 0 spiro atoms. The zero-order valence-electron chi connectivity index (χ0n) is 29.5. The van der Waals surface area contributed by atoms with Crippen molar-refractivity contribution >= 4 is 0 Å². The molecule has 0 aliphatic rings. The van der Waals surface area contributed by atoms with Gasteiger partial charge in [0.05, 0.1) is 0 Å². The van der Waals surface area contributed by atoms with Crippen LogP contribution in [0.4, 0.5) is 0 Å². The Labute approximate surface area is 316 Å². The number of aromatic nitrogens is 3. The molecule has 54 heavy (non-hydrogen) atoms. The van der Waals surface area contributed by atoms with Gasteiger partial charge in [-0.25, -0.2) is 15.0 Å². The van der Waals surface area contributed by atoms with Crippen molar-refractivity contribution in [1.82, 2.24) is 15.0 Å². The quantitative estimate of drug-likeness (QED) is 0.159. The van der Waals surface area contributed by atoms with Crippen molar-refractivity contribution < 1.29 is 0 Å². The van der Waals surface area contributed by atoms with Crippen LogP contribution in [-0.2, 0) is 0 Å². The van der Waals surface area contributed by atoms with Gasteiger partial charge in [-0.15, -0.1) is 0 Å². The summed E-state index contributed by atoms with van der Waals surface area (Å²) in [6.07, 6.45) is 0. The molecule has 0 aliphatic carbocycles. The minimum Gasteiger partial charge on any atom is -0.208 e. The largest absolute Gasteiger partial charge is 0.208 e. The van der Waals surface area contributed by atoms with E-state index in [9.17, 15) is 0 Å². The SMILES string of the molecule is c1ccc(-c2cccc(-c3nc(-c4ccc(-c5cccc(-c6ccccc6-c6ccccc6)c5)cc4)nc(-c4ccccc4-c4ccccc4)n3)c2)cc1. The molecule has 1 aromatic heterocycles. The van der Waals surface area contributed by atoms with Crippen LogP contribution in [0.1, 0.15) is 0 Å². The summed E-state index contributed by atoms with van der Waals surface area (Å²) in [6, 6.07) is 74.1. The molecule has 9 rings (SSSR count). The molecule has 1 heterocycles. The number of rotatable bonds is 8. The first kappa shape index (κ1) is 32.7. The molecular weight excluding hydrogens is 655 g/mol. The Hall–Kier alpha value is -7.23. The van der Waals surface area contributed by atoms with Crippen molar-refractivity contribution in [2.24, 2.45) is 0 Å². The molecule has 0 N–H and O–H groups in total. The van der Waals surface area contributed by atoms with E-state index in [2.05, 4.69) is 194 Å². The van der Waals surface area contributed by atoms with Crippen LogP contribution in [-0.4, -0.2) is 15.0 Å². The highest BCUT2D eigenvalue weighted by Crippen LogP contribution is 2.36. The Bertz CT molecular complexity index is 2690. The van der Waals surface area contributed by atoms with Gasteiger partial charge in [0, 0.05) is 16.7 Å². The summed E-state index contributed by atoms with van der Waals surface area (Å²) in [6.45, 7) is 0. The summed E-state index contributed by atoms with van der Waals surface area (Å²) < 4.78 is 0. The van der Waals surface area contributed by atoms with Crippen molar-refractivity contribution in [2.45, 2.75) is 0 Å². The van der Waals surface area contributed by atoms with Gasteiger partial charge in [-0.1, -0.05) is 200 Å². The van der Waals surface area contributed by atoms with Crippen LogP contribution in [0.25, 0.3) is 89.8 Å². The van der Waals surface area contributed by atoms with Gasteiger partial charge < -0.3 is 0 Å². The Morgan fingerprint density at radius 2 is 0.519 bits per heavy atom. The first-order chi connectivity index (χ1) is 26.8. The summed E-state index contributed by atoms with van der Waals surface area (Å²) in [5.74, 6) is 1.89. The lowest BCUT2D eigenvalue weighted by Crippen LogP contribution is -2.01. The van der Waals surface area contributed by atoms with Crippen LogP contribution in [0.5, 0.6) is 0 Å². The molecule has 254 valence electrons. The van der Waals surface area contributed by atoms with Crippen LogP contribution >= 0.6 is 0 Å². The molecule has 0 unspecified atom stereocenters. The second kappa shape index (κ2) is 14.8. The van der Waals surface area contributed by atoms with E-state index < -0.39 is 0 Å². The maximum atomic E-state index is 5.14. The molecule has 8 aromatic carbocycles. The minimum atomic E-state index is 0.625. The first-order valence-electron chi connectivity index (χ1n) is 18.2. The highest BCUT2D eigenvalue weighted by molar-refractivity contribution is 5.86. The summed E-state index contributed by atoms with van der Waals surface area (Å²) in [4.78, 5) is 15.4. The maximum absolute atomic E-state index is 5.14. The first-order valence-corrected chi connectivity index (χ1v) is 18.2. The zero-order valence-corrected chi connectivity index (χ0v) is 29.5. The van der Waals surface area contributed by atoms with Gasteiger partial charge in [0.15, 0.2) is 17.5 Å². The molecular formula is C51H35N3. The number of nitrogens with zero attached hydrogens (tertiary/aromatic N) is 3. The third-order valence-corrected chi connectivity index (χ3v) is 9.78. The van der Waals surface area contributed by atoms with Crippen molar-refractivity contribution in [1.29, 1.82) is 0 Å². The molecule has 3 nitrogen and oxygen atoms in total. The highest BCUT2D eigenvalue weighted by Gasteiger charge is 2.16. The number of hydrogen-bond donors (Lipinski definition) is 0. The second-order valence-corrected chi connectivity index (χ2v) is 13.2. The lowest BCUT2D eigenvalue weighted by Gasteiger charge is -2.13. The van der Waals surface area contributed by atoms with E-state index in [1.807, 2.05) is 18.2 Å². The summed E-state index contributed by atoms with van der Waals surface area (Å²) in [5.41, 5.74) is 14.3. The molecule has 0 aliphatic heterocycles. The van der Waals surface area contributed by atoms with Crippen molar-refractivity contribution in [3.05, 3.63) is 212 Å². The van der Waals surface area contributed by atoms with Gasteiger partial charge in [0.1, 0.15) is 0 Å².